The van der Waals surface area contributed by atoms with Crippen molar-refractivity contribution in [2.75, 3.05) is 26.2 Å². The predicted octanol–water partition coefficient (Wildman–Crippen LogP) is 1.78. The second-order valence-electron chi connectivity index (χ2n) is 6.42. The molecule has 2 aromatic heterocycles. The number of aromatic nitrogens is 2. The quantitative estimate of drug-likeness (QED) is 0.852. The van der Waals surface area contributed by atoms with Gasteiger partial charge in [0.1, 0.15) is 6.04 Å². The summed E-state index contributed by atoms with van der Waals surface area (Å²) in [4.78, 5) is 21.3. The summed E-state index contributed by atoms with van der Waals surface area (Å²) < 4.78 is 5.35. The van der Waals surface area contributed by atoms with E-state index < -0.39 is 5.97 Å². The van der Waals surface area contributed by atoms with Gasteiger partial charge in [-0.2, -0.15) is 4.98 Å². The van der Waals surface area contributed by atoms with E-state index in [1.54, 1.807) is 11.3 Å². The van der Waals surface area contributed by atoms with E-state index in [2.05, 4.69) is 19.9 Å². The molecule has 4 rings (SSSR count). The molecule has 3 heterocycles. The molecule has 24 heavy (non-hydrogen) atoms. The van der Waals surface area contributed by atoms with Gasteiger partial charge in [0.2, 0.25) is 11.7 Å². The SMILES string of the molecule is O=C(O)C(C1CC1)N1CCN(Cc2nc(-c3cccs3)no2)CC1. The molecule has 1 aliphatic heterocycles. The molecule has 0 radical (unpaired) electrons. The Morgan fingerprint density at radius 2 is 2.17 bits per heavy atom. The van der Waals surface area contributed by atoms with Crippen LogP contribution in [-0.2, 0) is 11.3 Å². The molecule has 1 atom stereocenters. The van der Waals surface area contributed by atoms with Crippen LogP contribution in [0.2, 0.25) is 0 Å². The van der Waals surface area contributed by atoms with Gasteiger partial charge in [-0.25, -0.2) is 0 Å². The number of carboxylic acid groups (broad SMARTS) is 1. The van der Waals surface area contributed by atoms with Crippen LogP contribution in [0.5, 0.6) is 0 Å². The molecule has 1 N–H and O–H groups in total. The zero-order chi connectivity index (χ0) is 16.5. The van der Waals surface area contributed by atoms with Crippen LogP contribution in [0, 0.1) is 5.92 Å². The van der Waals surface area contributed by atoms with Crippen molar-refractivity contribution in [1.82, 2.24) is 19.9 Å². The number of hydrogen-bond acceptors (Lipinski definition) is 7. The smallest absolute Gasteiger partial charge is 0.321 e. The molecule has 0 amide bonds. The van der Waals surface area contributed by atoms with Crippen LogP contribution < -0.4 is 0 Å². The number of thiophene rings is 1. The molecule has 1 aliphatic carbocycles. The van der Waals surface area contributed by atoms with Crippen molar-refractivity contribution < 1.29 is 14.4 Å². The molecule has 2 fully saturated rings. The summed E-state index contributed by atoms with van der Waals surface area (Å²) in [6.45, 7) is 3.83. The molecule has 1 unspecified atom stereocenters. The lowest BCUT2D eigenvalue weighted by Gasteiger charge is -2.37. The molecule has 128 valence electrons. The highest BCUT2D eigenvalue weighted by Gasteiger charge is 2.41. The van der Waals surface area contributed by atoms with E-state index in [-0.39, 0.29) is 6.04 Å². The normalized spacial score (nSPS) is 21.0. The summed E-state index contributed by atoms with van der Waals surface area (Å²) in [5, 5.41) is 15.5. The third-order valence-electron chi connectivity index (χ3n) is 4.69. The summed E-state index contributed by atoms with van der Waals surface area (Å²) in [6, 6.07) is 3.64. The van der Waals surface area contributed by atoms with Crippen LogP contribution in [0.25, 0.3) is 10.7 Å². The highest BCUT2D eigenvalue weighted by atomic mass is 32.1. The predicted molar refractivity (Wildman–Crippen MR) is 88.6 cm³/mol. The standard InChI is InChI=1S/C16H20N4O3S/c21-16(22)14(11-3-4-11)20-7-5-19(6-8-20)10-13-17-15(18-23-13)12-2-1-9-24-12/h1-2,9,11,14H,3-8,10H2,(H,21,22). The summed E-state index contributed by atoms with van der Waals surface area (Å²) in [6.07, 6.45) is 2.09. The first-order chi connectivity index (χ1) is 11.7. The number of aliphatic carboxylic acids is 1. The van der Waals surface area contributed by atoms with Crippen LogP contribution in [0.3, 0.4) is 0 Å². The molecule has 0 aromatic carbocycles. The molecule has 1 saturated carbocycles. The summed E-state index contributed by atoms with van der Waals surface area (Å²) in [5.41, 5.74) is 0. The molecule has 0 bridgehead atoms. The first-order valence-electron chi connectivity index (χ1n) is 8.26. The lowest BCUT2D eigenvalue weighted by molar-refractivity contribution is -0.145. The van der Waals surface area contributed by atoms with E-state index in [0.29, 0.717) is 24.2 Å². The fourth-order valence-electron chi connectivity index (χ4n) is 3.28. The van der Waals surface area contributed by atoms with Crippen molar-refractivity contribution in [3.63, 3.8) is 0 Å². The summed E-state index contributed by atoms with van der Waals surface area (Å²) in [5.74, 6) is 0.920. The van der Waals surface area contributed by atoms with E-state index in [1.165, 1.54) is 0 Å². The minimum absolute atomic E-state index is 0.305. The Bertz CT molecular complexity index is 690. The van der Waals surface area contributed by atoms with Crippen molar-refractivity contribution in [2.24, 2.45) is 5.92 Å². The Balaban J connectivity index is 1.32. The Labute approximate surface area is 143 Å². The van der Waals surface area contributed by atoms with Gasteiger partial charge in [0, 0.05) is 26.2 Å². The third-order valence-corrected chi connectivity index (χ3v) is 5.56. The molecular weight excluding hydrogens is 328 g/mol. The Kier molecular flexibility index (Phi) is 4.34. The minimum Gasteiger partial charge on any atom is -0.480 e. The van der Waals surface area contributed by atoms with Crippen LogP contribution in [0.15, 0.2) is 22.0 Å². The Morgan fingerprint density at radius 1 is 1.38 bits per heavy atom. The zero-order valence-corrected chi connectivity index (χ0v) is 14.1. The fraction of sp³-hybridized carbons (Fsp3) is 0.562. The van der Waals surface area contributed by atoms with Gasteiger partial charge in [-0.05, 0) is 30.2 Å². The maximum atomic E-state index is 11.5. The number of carboxylic acids is 1. The van der Waals surface area contributed by atoms with Crippen LogP contribution in [0.4, 0.5) is 0 Å². The van der Waals surface area contributed by atoms with Crippen LogP contribution in [0.1, 0.15) is 18.7 Å². The molecule has 0 spiro atoms. The Morgan fingerprint density at radius 3 is 2.79 bits per heavy atom. The highest BCUT2D eigenvalue weighted by Crippen LogP contribution is 2.36. The molecular formula is C16H20N4O3S. The number of piperazine rings is 1. The van der Waals surface area contributed by atoms with Gasteiger partial charge in [-0.3, -0.25) is 14.6 Å². The van der Waals surface area contributed by atoms with Crippen molar-refractivity contribution in [3.05, 3.63) is 23.4 Å². The fourth-order valence-corrected chi connectivity index (χ4v) is 3.93. The van der Waals surface area contributed by atoms with Gasteiger partial charge in [0.05, 0.1) is 11.4 Å². The van der Waals surface area contributed by atoms with Gasteiger partial charge < -0.3 is 9.63 Å². The lowest BCUT2D eigenvalue weighted by atomic mass is 10.1. The number of rotatable bonds is 6. The van der Waals surface area contributed by atoms with Gasteiger partial charge >= 0.3 is 5.97 Å². The second kappa shape index (κ2) is 6.62. The van der Waals surface area contributed by atoms with Crippen molar-refractivity contribution >= 4 is 17.3 Å². The van der Waals surface area contributed by atoms with Crippen molar-refractivity contribution in [3.8, 4) is 10.7 Å². The maximum absolute atomic E-state index is 11.5. The Hall–Kier alpha value is -1.77. The van der Waals surface area contributed by atoms with E-state index >= 15 is 0 Å². The summed E-state index contributed by atoms with van der Waals surface area (Å²) >= 11 is 1.59. The van der Waals surface area contributed by atoms with Gasteiger partial charge in [0.25, 0.3) is 0 Å². The lowest BCUT2D eigenvalue weighted by Crippen LogP contribution is -2.53. The molecule has 2 aromatic rings. The average molecular weight is 348 g/mol. The first-order valence-corrected chi connectivity index (χ1v) is 9.14. The largest absolute Gasteiger partial charge is 0.480 e. The molecule has 2 aliphatic rings. The number of hydrogen-bond donors (Lipinski definition) is 1. The zero-order valence-electron chi connectivity index (χ0n) is 13.3. The van der Waals surface area contributed by atoms with Gasteiger partial charge in [-0.15, -0.1) is 11.3 Å². The minimum atomic E-state index is -0.677. The number of nitrogens with zero attached hydrogens (tertiary/aromatic N) is 4. The number of carbonyl (C=O) groups is 1. The maximum Gasteiger partial charge on any atom is 0.321 e. The second-order valence-corrected chi connectivity index (χ2v) is 7.37. The van der Waals surface area contributed by atoms with E-state index in [9.17, 15) is 9.90 Å². The first kappa shape index (κ1) is 15.7. The van der Waals surface area contributed by atoms with Gasteiger partial charge in [-0.1, -0.05) is 11.2 Å². The van der Waals surface area contributed by atoms with Gasteiger partial charge in [0.15, 0.2) is 0 Å². The molecule has 8 heteroatoms. The summed E-state index contributed by atoms with van der Waals surface area (Å²) in [7, 11) is 0. The van der Waals surface area contributed by atoms with Crippen LogP contribution >= 0.6 is 11.3 Å². The highest BCUT2D eigenvalue weighted by molar-refractivity contribution is 7.13. The van der Waals surface area contributed by atoms with E-state index in [0.717, 1.165) is 43.9 Å². The molecule has 1 saturated heterocycles. The van der Waals surface area contributed by atoms with Crippen molar-refractivity contribution in [1.29, 1.82) is 0 Å². The van der Waals surface area contributed by atoms with E-state index in [1.807, 2.05) is 17.5 Å². The van der Waals surface area contributed by atoms with Crippen LogP contribution in [-0.4, -0.2) is 63.2 Å². The topological polar surface area (TPSA) is 82.7 Å². The average Bonchev–Trinajstić information content (AvgIpc) is 3.07. The molecule has 7 nitrogen and oxygen atoms in total. The third kappa shape index (κ3) is 3.35. The monoisotopic (exact) mass is 348 g/mol. The van der Waals surface area contributed by atoms with E-state index in [4.69, 9.17) is 4.52 Å². The van der Waals surface area contributed by atoms with Crippen molar-refractivity contribution in [2.45, 2.75) is 25.4 Å².